The van der Waals surface area contributed by atoms with Crippen LogP contribution in [0.2, 0.25) is 0 Å². The van der Waals surface area contributed by atoms with Crippen LogP contribution in [0.15, 0.2) is 0 Å². The molecule has 23 heavy (non-hydrogen) atoms. The maximum atomic E-state index is 13.3. The zero-order valence-corrected chi connectivity index (χ0v) is 18.5. The fraction of sp³-hybridized carbons (Fsp3) is 0.941. The molecule has 0 aromatic heterocycles. The molecule has 0 aromatic carbocycles. The van der Waals surface area contributed by atoms with Crippen LogP contribution in [0, 0.1) is 5.92 Å². The first kappa shape index (κ1) is 17.3. The SMILES string of the molecule is C[I-]C(C)(C(=O)OC1(C2CCCCC2)CCCCC1)C12NI1N2. The van der Waals surface area contributed by atoms with Gasteiger partial charge in [-0.1, -0.05) is 0 Å². The molecule has 0 spiro atoms. The zero-order chi connectivity index (χ0) is 16.1. The molecule has 0 aromatic rings. The van der Waals surface area contributed by atoms with Crippen LogP contribution in [0.5, 0.6) is 0 Å². The molecule has 2 aliphatic carbocycles. The first-order chi connectivity index (χ1) is 11.1. The number of alkyl halides is 3. The number of ether oxygens (including phenoxy) is 1. The van der Waals surface area contributed by atoms with Crippen molar-refractivity contribution in [3.05, 3.63) is 0 Å². The molecule has 2 aliphatic heterocycles. The van der Waals surface area contributed by atoms with Crippen molar-refractivity contribution >= 4 is 26.3 Å². The normalized spacial score (nSPS) is 32.7. The van der Waals surface area contributed by atoms with Gasteiger partial charge in [0.15, 0.2) is 0 Å². The van der Waals surface area contributed by atoms with E-state index in [0.717, 1.165) is 12.8 Å². The van der Waals surface area contributed by atoms with Gasteiger partial charge in [-0.05, 0) is 0 Å². The van der Waals surface area contributed by atoms with Gasteiger partial charge in [0.2, 0.25) is 0 Å². The number of rotatable bonds is 5. The van der Waals surface area contributed by atoms with Crippen LogP contribution in [-0.2, 0) is 9.53 Å². The molecule has 4 fully saturated rings. The van der Waals surface area contributed by atoms with E-state index in [4.69, 9.17) is 4.74 Å². The van der Waals surface area contributed by atoms with E-state index in [2.05, 4.69) is 18.9 Å². The Hall–Kier alpha value is 0.850. The third kappa shape index (κ3) is 2.77. The van der Waals surface area contributed by atoms with Crippen LogP contribution >= 0.6 is 20.4 Å². The molecule has 0 bridgehead atoms. The summed E-state index contributed by atoms with van der Waals surface area (Å²) in [4.78, 5) is 15.5. The van der Waals surface area contributed by atoms with Crippen molar-refractivity contribution in [2.45, 2.75) is 83.8 Å². The van der Waals surface area contributed by atoms with Crippen molar-refractivity contribution in [1.82, 2.24) is 7.06 Å². The summed E-state index contributed by atoms with van der Waals surface area (Å²) in [7, 11) is 0. The summed E-state index contributed by atoms with van der Waals surface area (Å²) < 4.78 is 13.5. The van der Waals surface area contributed by atoms with Crippen LogP contribution in [0.3, 0.4) is 0 Å². The molecule has 134 valence electrons. The topological polar surface area (TPSA) is 70.2 Å². The molecule has 0 radical (unpaired) electrons. The number of fused-ring (bicyclic) bond motifs is 1. The Labute approximate surface area is 158 Å². The van der Waals surface area contributed by atoms with Gasteiger partial charge in [0.05, 0.1) is 0 Å². The predicted molar refractivity (Wildman–Crippen MR) is 95.8 cm³/mol. The van der Waals surface area contributed by atoms with E-state index in [1.807, 2.05) is 0 Å². The molecule has 1 atom stereocenters. The number of hydrogen-bond donors (Lipinski definition) is 2. The Morgan fingerprint density at radius 2 is 1.70 bits per heavy atom. The summed E-state index contributed by atoms with van der Waals surface area (Å²) in [5, 5.41) is 0. The molecular formula is C17H29I2N2O2-. The van der Waals surface area contributed by atoms with Crippen molar-refractivity contribution in [2.24, 2.45) is 5.92 Å². The van der Waals surface area contributed by atoms with Gasteiger partial charge in [-0.25, -0.2) is 0 Å². The summed E-state index contributed by atoms with van der Waals surface area (Å²) in [6.07, 6.45) is 12.6. The number of carbonyl (C=O) groups is 1. The van der Waals surface area contributed by atoms with Crippen molar-refractivity contribution in [3.63, 3.8) is 0 Å². The molecule has 2 N–H and O–H groups in total. The van der Waals surface area contributed by atoms with E-state index in [1.54, 1.807) is 0 Å². The van der Waals surface area contributed by atoms with Gasteiger partial charge in [-0.15, -0.1) is 0 Å². The van der Waals surface area contributed by atoms with Crippen molar-refractivity contribution in [1.29, 1.82) is 0 Å². The molecule has 2 heterocycles. The molecule has 0 amide bonds. The van der Waals surface area contributed by atoms with Gasteiger partial charge in [-0.2, -0.15) is 0 Å². The minimum atomic E-state index is -1.11. The first-order valence-corrected chi connectivity index (χ1v) is 15.5. The number of halogens is 2. The van der Waals surface area contributed by atoms with Gasteiger partial charge in [-0.3, -0.25) is 0 Å². The second-order valence-electron chi connectivity index (χ2n) is 7.67. The number of nitrogens with one attached hydrogen (secondary N) is 2. The first-order valence-electron chi connectivity index (χ1n) is 9.06. The van der Waals surface area contributed by atoms with Gasteiger partial charge in [0, 0.05) is 0 Å². The summed E-state index contributed by atoms with van der Waals surface area (Å²) in [5.41, 5.74) is -0.130. The van der Waals surface area contributed by atoms with Gasteiger partial charge in [0.1, 0.15) is 0 Å². The summed E-state index contributed by atoms with van der Waals surface area (Å²) in [6.45, 7) is 2.17. The predicted octanol–water partition coefficient (Wildman–Crippen LogP) is 0.487. The Kier molecular flexibility index (Phi) is 4.68. The Balaban J connectivity index is 1.53. The van der Waals surface area contributed by atoms with Gasteiger partial charge < -0.3 is 0 Å². The molecule has 1 unspecified atom stereocenters. The zero-order valence-electron chi connectivity index (χ0n) is 14.2. The fourth-order valence-electron chi connectivity index (χ4n) is 4.58. The van der Waals surface area contributed by atoms with Crippen LogP contribution in [-0.4, -0.2) is 23.6 Å². The standard InChI is InChI=1S/C17H29I2N2O2/c1-15(18-2,17-19(20-17)21-17)14(22)23-16(11-7-4-8-12-16)13-9-5-3-6-10-13/h13,20-21H,3-12H2,1-2H3/q-1. The van der Waals surface area contributed by atoms with E-state index < -0.39 is 20.4 Å². The van der Waals surface area contributed by atoms with Crippen molar-refractivity contribution in [2.75, 3.05) is 4.93 Å². The van der Waals surface area contributed by atoms with E-state index in [1.165, 1.54) is 51.4 Å². The maximum absolute atomic E-state index is 13.3. The Morgan fingerprint density at radius 3 is 2.22 bits per heavy atom. The molecule has 2 saturated carbocycles. The molecule has 4 rings (SSSR count). The quantitative estimate of drug-likeness (QED) is 0.131. The third-order valence-corrected chi connectivity index (χ3v) is 15.7. The molecule has 4 nitrogen and oxygen atoms in total. The average Bonchev–Trinajstić information content (AvgIpc) is 3.46. The Morgan fingerprint density at radius 1 is 1.13 bits per heavy atom. The van der Waals surface area contributed by atoms with E-state index in [0.29, 0.717) is 5.92 Å². The van der Waals surface area contributed by atoms with Gasteiger partial charge >= 0.3 is 159 Å². The van der Waals surface area contributed by atoms with Crippen LogP contribution in [0.4, 0.5) is 0 Å². The van der Waals surface area contributed by atoms with E-state index in [-0.39, 0.29) is 39.9 Å². The van der Waals surface area contributed by atoms with Crippen LogP contribution < -0.4 is 28.3 Å². The molecular weight excluding hydrogens is 518 g/mol. The van der Waals surface area contributed by atoms with Crippen LogP contribution in [0.1, 0.15) is 71.1 Å². The number of esters is 1. The van der Waals surface area contributed by atoms with E-state index in [9.17, 15) is 4.79 Å². The fourth-order valence-corrected chi connectivity index (χ4v) is 14.9. The monoisotopic (exact) mass is 547 g/mol. The molecule has 6 heteroatoms. The third-order valence-electron chi connectivity index (χ3n) is 6.41. The van der Waals surface area contributed by atoms with Crippen LogP contribution in [0.25, 0.3) is 0 Å². The second kappa shape index (κ2) is 6.23. The number of hydrogen-bond acceptors (Lipinski definition) is 4. The van der Waals surface area contributed by atoms with E-state index >= 15 is 0 Å². The Bertz CT molecular complexity index is 483. The molecule has 4 aliphatic rings. The van der Waals surface area contributed by atoms with Crippen molar-refractivity contribution in [3.8, 4) is 0 Å². The average molecular weight is 547 g/mol. The van der Waals surface area contributed by atoms with Crippen molar-refractivity contribution < 1.29 is 30.7 Å². The summed E-state index contributed by atoms with van der Waals surface area (Å²) in [6, 6.07) is 0. The van der Waals surface area contributed by atoms with Gasteiger partial charge in [0.25, 0.3) is 0 Å². The minimum absolute atomic E-state index is 0.0540. The molecule has 2 saturated heterocycles. The summed E-state index contributed by atoms with van der Waals surface area (Å²) >= 11 is -1.31. The summed E-state index contributed by atoms with van der Waals surface area (Å²) in [5.74, 6) is 0.740. The number of carbonyl (C=O) groups excluding carboxylic acids is 1. The second-order valence-corrected chi connectivity index (χ2v) is 15.2.